The number of halogens is 2. The van der Waals surface area contributed by atoms with Gasteiger partial charge in [-0.3, -0.25) is 4.98 Å². The molecule has 1 saturated carbocycles. The van der Waals surface area contributed by atoms with Crippen LogP contribution >= 0.6 is 31.9 Å². The highest BCUT2D eigenvalue weighted by Gasteiger charge is 2.17. The molecule has 1 aromatic rings. The highest BCUT2D eigenvalue weighted by atomic mass is 79.9. The third-order valence-electron chi connectivity index (χ3n) is 2.82. The van der Waals surface area contributed by atoms with Gasteiger partial charge in [0.2, 0.25) is 0 Å². The zero-order valence-corrected chi connectivity index (χ0v) is 12.5. The number of aliphatic imine (C=N–C) groups is 1. The highest BCUT2D eigenvalue weighted by Crippen LogP contribution is 2.24. The molecule has 4 nitrogen and oxygen atoms in total. The summed E-state index contributed by atoms with van der Waals surface area (Å²) in [6.07, 6.45) is 7.18. The second kappa shape index (κ2) is 5.82. The maximum absolute atomic E-state index is 5.82. The van der Waals surface area contributed by atoms with Crippen molar-refractivity contribution in [3.63, 3.8) is 0 Å². The van der Waals surface area contributed by atoms with Crippen LogP contribution in [-0.2, 0) is 6.54 Å². The van der Waals surface area contributed by atoms with Crippen molar-refractivity contribution in [1.82, 2.24) is 10.3 Å². The fraction of sp³-hybridized carbons (Fsp3) is 0.455. The molecule has 3 N–H and O–H groups in total. The van der Waals surface area contributed by atoms with Gasteiger partial charge in [-0.15, -0.1) is 0 Å². The lowest BCUT2D eigenvalue weighted by molar-refractivity contribution is 0.382. The minimum absolute atomic E-state index is 0.517. The summed E-state index contributed by atoms with van der Waals surface area (Å²) in [6.45, 7) is 0.537. The summed E-state index contributed by atoms with van der Waals surface area (Å²) < 4.78 is 1.87. The van der Waals surface area contributed by atoms with Crippen molar-refractivity contribution in [3.8, 4) is 0 Å². The third kappa shape index (κ3) is 3.42. The lowest BCUT2D eigenvalue weighted by atomic mass is 9.93. The first kappa shape index (κ1) is 12.8. The Morgan fingerprint density at radius 3 is 2.59 bits per heavy atom. The van der Waals surface area contributed by atoms with Crippen LogP contribution in [0.2, 0.25) is 0 Å². The molecular weight excluding hydrogens is 348 g/mol. The van der Waals surface area contributed by atoms with Crippen molar-refractivity contribution in [2.45, 2.75) is 31.8 Å². The number of hydrogen-bond acceptors (Lipinski definition) is 2. The van der Waals surface area contributed by atoms with E-state index in [1.54, 1.807) is 12.4 Å². The molecule has 0 unspecified atom stereocenters. The molecule has 1 aromatic heterocycles. The van der Waals surface area contributed by atoms with Crippen molar-refractivity contribution in [2.75, 3.05) is 0 Å². The standard InChI is InChI=1S/C11H14Br2N4/c12-9-5-15-6-10(13)8(9)4-16-11(14)17-7-2-1-3-7/h5-7H,1-4H2,(H3,14,16,17). The normalized spacial score (nSPS) is 16.7. The molecule has 2 rings (SSSR count). The Morgan fingerprint density at radius 1 is 1.41 bits per heavy atom. The molecule has 0 spiro atoms. The summed E-state index contributed by atoms with van der Waals surface area (Å²) >= 11 is 6.90. The van der Waals surface area contributed by atoms with Crippen LogP contribution in [0.3, 0.4) is 0 Å². The predicted octanol–water partition coefficient (Wildman–Crippen LogP) is 2.56. The van der Waals surface area contributed by atoms with Gasteiger partial charge in [-0.05, 0) is 51.1 Å². The summed E-state index contributed by atoms with van der Waals surface area (Å²) in [5, 5.41) is 3.21. The first-order valence-corrected chi connectivity index (χ1v) is 7.09. The number of pyridine rings is 1. The number of nitrogens with zero attached hydrogens (tertiary/aromatic N) is 2. The summed E-state index contributed by atoms with van der Waals surface area (Å²) in [6, 6.07) is 0.517. The van der Waals surface area contributed by atoms with Gasteiger partial charge in [-0.1, -0.05) is 0 Å². The fourth-order valence-electron chi connectivity index (χ4n) is 1.56. The maximum Gasteiger partial charge on any atom is 0.189 e. The van der Waals surface area contributed by atoms with E-state index in [1.165, 1.54) is 19.3 Å². The lowest BCUT2D eigenvalue weighted by Crippen LogP contribution is -2.43. The predicted molar refractivity (Wildman–Crippen MR) is 75.7 cm³/mol. The van der Waals surface area contributed by atoms with E-state index in [2.05, 4.69) is 47.2 Å². The monoisotopic (exact) mass is 360 g/mol. The average molecular weight is 362 g/mol. The zero-order valence-electron chi connectivity index (χ0n) is 9.29. The molecule has 1 heterocycles. The quantitative estimate of drug-likeness (QED) is 0.642. The van der Waals surface area contributed by atoms with Crippen LogP contribution in [0.4, 0.5) is 0 Å². The number of nitrogens with one attached hydrogen (secondary N) is 1. The van der Waals surface area contributed by atoms with Crippen molar-refractivity contribution in [3.05, 3.63) is 26.9 Å². The van der Waals surface area contributed by atoms with Gasteiger partial charge in [0.1, 0.15) is 0 Å². The first-order chi connectivity index (χ1) is 8.16. The van der Waals surface area contributed by atoms with E-state index in [9.17, 15) is 0 Å². The van der Waals surface area contributed by atoms with E-state index in [0.29, 0.717) is 18.5 Å². The van der Waals surface area contributed by atoms with Crippen LogP contribution < -0.4 is 11.1 Å². The van der Waals surface area contributed by atoms with Gasteiger partial charge < -0.3 is 11.1 Å². The van der Waals surface area contributed by atoms with E-state index in [0.717, 1.165) is 14.5 Å². The summed E-state index contributed by atoms with van der Waals surface area (Å²) in [4.78, 5) is 8.39. The smallest absolute Gasteiger partial charge is 0.189 e. The summed E-state index contributed by atoms with van der Waals surface area (Å²) in [5.41, 5.74) is 6.88. The van der Waals surface area contributed by atoms with Gasteiger partial charge in [0.15, 0.2) is 5.96 Å². The molecule has 1 aliphatic rings. The Bertz CT molecular complexity index is 409. The topological polar surface area (TPSA) is 63.3 Å². The van der Waals surface area contributed by atoms with E-state index in [4.69, 9.17) is 5.73 Å². The minimum atomic E-state index is 0.517. The Hall–Kier alpha value is -0.620. The molecule has 0 saturated heterocycles. The van der Waals surface area contributed by atoms with Crippen LogP contribution in [0.1, 0.15) is 24.8 Å². The molecular formula is C11H14Br2N4. The summed E-state index contributed by atoms with van der Waals surface area (Å²) in [5.74, 6) is 0.519. The van der Waals surface area contributed by atoms with Gasteiger partial charge in [-0.2, -0.15) is 0 Å². The second-order valence-corrected chi connectivity index (χ2v) is 5.76. The van der Waals surface area contributed by atoms with E-state index in [1.807, 2.05) is 0 Å². The van der Waals surface area contributed by atoms with Gasteiger partial charge >= 0.3 is 0 Å². The highest BCUT2D eigenvalue weighted by molar-refractivity contribution is 9.11. The van der Waals surface area contributed by atoms with Gasteiger partial charge in [0, 0.05) is 32.9 Å². The minimum Gasteiger partial charge on any atom is -0.370 e. The molecule has 0 aromatic carbocycles. The lowest BCUT2D eigenvalue weighted by Gasteiger charge is -2.26. The van der Waals surface area contributed by atoms with Crippen LogP contribution in [0.15, 0.2) is 26.3 Å². The Balaban J connectivity index is 1.97. The molecule has 0 amide bonds. The van der Waals surface area contributed by atoms with Crippen molar-refractivity contribution >= 4 is 37.8 Å². The number of aromatic nitrogens is 1. The van der Waals surface area contributed by atoms with Crippen LogP contribution in [0, 0.1) is 0 Å². The fourth-order valence-corrected chi connectivity index (χ4v) is 2.74. The third-order valence-corrected chi connectivity index (χ3v) is 4.18. The van der Waals surface area contributed by atoms with Gasteiger partial charge in [0.25, 0.3) is 0 Å². The van der Waals surface area contributed by atoms with Crippen LogP contribution in [0.5, 0.6) is 0 Å². The molecule has 17 heavy (non-hydrogen) atoms. The van der Waals surface area contributed by atoms with Crippen LogP contribution in [0.25, 0.3) is 0 Å². The number of hydrogen-bond donors (Lipinski definition) is 2. The molecule has 0 aliphatic heterocycles. The van der Waals surface area contributed by atoms with E-state index < -0.39 is 0 Å². The van der Waals surface area contributed by atoms with Crippen molar-refractivity contribution in [1.29, 1.82) is 0 Å². The molecule has 0 atom stereocenters. The Morgan fingerprint density at radius 2 is 2.06 bits per heavy atom. The molecule has 1 aliphatic carbocycles. The summed E-state index contributed by atoms with van der Waals surface area (Å²) in [7, 11) is 0. The van der Waals surface area contributed by atoms with Gasteiger partial charge in [0.05, 0.1) is 6.54 Å². The first-order valence-electron chi connectivity index (χ1n) is 5.51. The Labute approximate surface area is 117 Å². The molecule has 0 bridgehead atoms. The molecule has 92 valence electrons. The van der Waals surface area contributed by atoms with Crippen LogP contribution in [-0.4, -0.2) is 17.0 Å². The zero-order chi connectivity index (χ0) is 12.3. The number of guanidine groups is 1. The number of rotatable bonds is 3. The molecule has 0 radical (unpaired) electrons. The SMILES string of the molecule is NC(=NCc1c(Br)cncc1Br)NC1CCC1. The van der Waals surface area contributed by atoms with Gasteiger partial charge in [-0.25, -0.2) is 4.99 Å². The molecule has 1 fully saturated rings. The Kier molecular flexibility index (Phi) is 4.39. The number of nitrogens with two attached hydrogens (primary N) is 1. The van der Waals surface area contributed by atoms with Crippen molar-refractivity contribution < 1.29 is 0 Å². The van der Waals surface area contributed by atoms with Crippen molar-refractivity contribution in [2.24, 2.45) is 10.7 Å². The maximum atomic E-state index is 5.82. The largest absolute Gasteiger partial charge is 0.370 e. The second-order valence-electron chi connectivity index (χ2n) is 4.06. The molecule has 6 heteroatoms. The average Bonchev–Trinajstić information content (AvgIpc) is 2.23. The van der Waals surface area contributed by atoms with E-state index >= 15 is 0 Å². The van der Waals surface area contributed by atoms with E-state index in [-0.39, 0.29) is 0 Å².